The summed E-state index contributed by atoms with van der Waals surface area (Å²) in [5, 5.41) is 1.08. The molecule has 3 nitrogen and oxygen atoms in total. The van der Waals surface area contributed by atoms with Crippen molar-refractivity contribution in [3.63, 3.8) is 0 Å². The van der Waals surface area contributed by atoms with Crippen molar-refractivity contribution in [1.82, 2.24) is 0 Å². The Balaban J connectivity index is 3.47. The SMILES string of the molecule is COC(=O)C(C)(C)OCCCCCCCBr. The first-order valence-corrected chi connectivity index (χ1v) is 6.95. The molecule has 0 bridgehead atoms. The minimum absolute atomic E-state index is 0.313. The largest absolute Gasteiger partial charge is 0.467 e. The van der Waals surface area contributed by atoms with E-state index >= 15 is 0 Å². The van der Waals surface area contributed by atoms with Crippen LogP contribution in [0.1, 0.15) is 46.0 Å². The van der Waals surface area contributed by atoms with E-state index in [0.717, 1.165) is 18.2 Å². The van der Waals surface area contributed by atoms with Crippen LogP contribution in [0.3, 0.4) is 0 Å². The van der Waals surface area contributed by atoms with E-state index < -0.39 is 5.60 Å². The van der Waals surface area contributed by atoms with Crippen LogP contribution < -0.4 is 0 Å². The zero-order chi connectivity index (χ0) is 12.4. The van der Waals surface area contributed by atoms with Crippen LogP contribution in [0.2, 0.25) is 0 Å². The fourth-order valence-corrected chi connectivity index (χ4v) is 1.76. The molecule has 0 aromatic carbocycles. The summed E-state index contributed by atoms with van der Waals surface area (Å²) >= 11 is 3.41. The van der Waals surface area contributed by atoms with Crippen molar-refractivity contribution in [2.45, 2.75) is 51.6 Å². The number of halogens is 1. The molecule has 0 saturated heterocycles. The first kappa shape index (κ1) is 15.9. The third-order valence-electron chi connectivity index (χ3n) is 2.42. The Labute approximate surface area is 107 Å². The summed E-state index contributed by atoms with van der Waals surface area (Å²) < 4.78 is 10.2. The van der Waals surface area contributed by atoms with Crippen molar-refractivity contribution in [2.24, 2.45) is 0 Å². The molecule has 0 rings (SSSR count). The molecule has 0 aliphatic carbocycles. The van der Waals surface area contributed by atoms with Crippen molar-refractivity contribution < 1.29 is 14.3 Å². The van der Waals surface area contributed by atoms with E-state index in [1.54, 1.807) is 13.8 Å². The van der Waals surface area contributed by atoms with Crippen LogP contribution in [0.25, 0.3) is 0 Å². The number of ether oxygens (including phenoxy) is 2. The molecule has 0 fully saturated rings. The third-order valence-corrected chi connectivity index (χ3v) is 2.98. The van der Waals surface area contributed by atoms with Crippen LogP contribution in [0.15, 0.2) is 0 Å². The van der Waals surface area contributed by atoms with E-state index in [1.165, 1.54) is 26.4 Å². The van der Waals surface area contributed by atoms with Gasteiger partial charge in [-0.1, -0.05) is 35.2 Å². The van der Waals surface area contributed by atoms with Crippen LogP contribution in [0.5, 0.6) is 0 Å². The highest BCUT2D eigenvalue weighted by atomic mass is 79.9. The summed E-state index contributed by atoms with van der Waals surface area (Å²) in [7, 11) is 1.38. The molecule has 0 spiro atoms. The lowest BCUT2D eigenvalue weighted by Gasteiger charge is -2.22. The Morgan fingerprint density at radius 3 is 2.25 bits per heavy atom. The van der Waals surface area contributed by atoms with Crippen LogP contribution in [0.4, 0.5) is 0 Å². The Morgan fingerprint density at radius 2 is 1.69 bits per heavy atom. The Hall–Kier alpha value is -0.0900. The maximum Gasteiger partial charge on any atom is 0.337 e. The lowest BCUT2D eigenvalue weighted by atomic mass is 10.1. The normalized spacial score (nSPS) is 11.5. The van der Waals surface area contributed by atoms with Gasteiger partial charge in [-0.05, 0) is 26.7 Å². The standard InChI is InChI=1S/C12H23BrO3/c1-12(2,11(14)15-3)16-10-8-6-4-5-7-9-13/h4-10H2,1-3H3. The van der Waals surface area contributed by atoms with E-state index in [1.807, 2.05) is 0 Å². The predicted molar refractivity (Wildman–Crippen MR) is 68.9 cm³/mol. The molecule has 0 amide bonds. The van der Waals surface area contributed by atoms with Gasteiger partial charge >= 0.3 is 5.97 Å². The molecule has 96 valence electrons. The lowest BCUT2D eigenvalue weighted by Crippen LogP contribution is -2.36. The van der Waals surface area contributed by atoms with Gasteiger partial charge in [0.2, 0.25) is 0 Å². The monoisotopic (exact) mass is 294 g/mol. The van der Waals surface area contributed by atoms with Gasteiger partial charge in [0.25, 0.3) is 0 Å². The van der Waals surface area contributed by atoms with E-state index in [9.17, 15) is 4.79 Å². The molecule has 0 aliphatic heterocycles. The maximum atomic E-state index is 11.3. The molecule has 0 aromatic rings. The predicted octanol–water partition coefficient (Wildman–Crippen LogP) is 3.30. The number of hydrogen-bond acceptors (Lipinski definition) is 3. The maximum absolute atomic E-state index is 11.3. The van der Waals surface area contributed by atoms with E-state index in [-0.39, 0.29) is 5.97 Å². The molecule has 0 heterocycles. The average molecular weight is 295 g/mol. The van der Waals surface area contributed by atoms with Crippen molar-refractivity contribution in [3.8, 4) is 0 Å². The highest BCUT2D eigenvalue weighted by molar-refractivity contribution is 9.09. The van der Waals surface area contributed by atoms with E-state index in [4.69, 9.17) is 4.74 Å². The second-order valence-electron chi connectivity index (χ2n) is 4.31. The second kappa shape index (κ2) is 8.99. The number of alkyl halides is 1. The summed E-state index contributed by atoms with van der Waals surface area (Å²) in [6, 6.07) is 0. The molecule has 4 heteroatoms. The first-order chi connectivity index (χ1) is 7.54. The van der Waals surface area contributed by atoms with Crippen molar-refractivity contribution >= 4 is 21.9 Å². The molecule has 0 aliphatic rings. The highest BCUT2D eigenvalue weighted by Gasteiger charge is 2.29. The van der Waals surface area contributed by atoms with Gasteiger partial charge in [0.1, 0.15) is 0 Å². The van der Waals surface area contributed by atoms with Gasteiger partial charge in [-0.3, -0.25) is 0 Å². The Bertz CT molecular complexity index is 193. The number of esters is 1. The van der Waals surface area contributed by atoms with Crippen molar-refractivity contribution in [2.75, 3.05) is 19.0 Å². The minimum atomic E-state index is -0.815. The topological polar surface area (TPSA) is 35.5 Å². The summed E-state index contributed by atoms with van der Waals surface area (Å²) in [5.74, 6) is -0.313. The zero-order valence-electron chi connectivity index (χ0n) is 10.6. The van der Waals surface area contributed by atoms with E-state index in [0.29, 0.717) is 6.61 Å². The number of unbranched alkanes of at least 4 members (excludes halogenated alkanes) is 4. The molecule has 16 heavy (non-hydrogen) atoms. The number of hydrogen-bond donors (Lipinski definition) is 0. The summed E-state index contributed by atoms with van der Waals surface area (Å²) in [4.78, 5) is 11.3. The minimum Gasteiger partial charge on any atom is -0.467 e. The van der Waals surface area contributed by atoms with Gasteiger partial charge < -0.3 is 9.47 Å². The molecule has 0 unspecified atom stereocenters. The molecular formula is C12H23BrO3. The van der Waals surface area contributed by atoms with Crippen LogP contribution in [-0.2, 0) is 14.3 Å². The lowest BCUT2D eigenvalue weighted by molar-refractivity contribution is -0.165. The average Bonchev–Trinajstić information content (AvgIpc) is 2.26. The smallest absolute Gasteiger partial charge is 0.337 e. The van der Waals surface area contributed by atoms with Gasteiger partial charge in [0, 0.05) is 11.9 Å². The van der Waals surface area contributed by atoms with Crippen LogP contribution in [-0.4, -0.2) is 30.6 Å². The Morgan fingerprint density at radius 1 is 1.12 bits per heavy atom. The van der Waals surface area contributed by atoms with Gasteiger partial charge in [-0.25, -0.2) is 4.79 Å². The van der Waals surface area contributed by atoms with Crippen LogP contribution in [0, 0.1) is 0 Å². The molecule has 0 radical (unpaired) electrons. The zero-order valence-corrected chi connectivity index (χ0v) is 12.1. The summed E-state index contributed by atoms with van der Waals surface area (Å²) in [5.41, 5.74) is -0.815. The molecule has 0 saturated carbocycles. The fraction of sp³-hybridized carbons (Fsp3) is 0.917. The number of carbonyl (C=O) groups is 1. The van der Waals surface area contributed by atoms with Gasteiger partial charge in [-0.2, -0.15) is 0 Å². The van der Waals surface area contributed by atoms with Crippen molar-refractivity contribution in [3.05, 3.63) is 0 Å². The van der Waals surface area contributed by atoms with E-state index in [2.05, 4.69) is 20.7 Å². The van der Waals surface area contributed by atoms with Crippen molar-refractivity contribution in [1.29, 1.82) is 0 Å². The third kappa shape index (κ3) is 7.23. The van der Waals surface area contributed by atoms with Gasteiger partial charge in [-0.15, -0.1) is 0 Å². The number of rotatable bonds is 9. The summed E-state index contributed by atoms with van der Waals surface area (Å²) in [6.45, 7) is 4.10. The number of methoxy groups -OCH3 is 1. The van der Waals surface area contributed by atoms with Gasteiger partial charge in [0.15, 0.2) is 5.60 Å². The highest BCUT2D eigenvalue weighted by Crippen LogP contribution is 2.13. The second-order valence-corrected chi connectivity index (χ2v) is 5.10. The quantitative estimate of drug-likeness (QED) is 0.372. The fourth-order valence-electron chi connectivity index (χ4n) is 1.36. The summed E-state index contributed by atoms with van der Waals surface area (Å²) in [6.07, 6.45) is 5.88. The van der Waals surface area contributed by atoms with Crippen LogP contribution >= 0.6 is 15.9 Å². The first-order valence-electron chi connectivity index (χ1n) is 5.83. The number of carbonyl (C=O) groups excluding carboxylic acids is 1. The molecule has 0 atom stereocenters. The molecule has 0 N–H and O–H groups in total. The molecule has 0 aromatic heterocycles. The van der Waals surface area contributed by atoms with Gasteiger partial charge in [0.05, 0.1) is 7.11 Å². The molecular weight excluding hydrogens is 272 g/mol. The Kier molecular flexibility index (Phi) is 8.94.